The Morgan fingerprint density at radius 1 is 1.09 bits per heavy atom. The molecule has 35 heavy (non-hydrogen) atoms. The number of benzene rings is 2. The standard InChI is InChI=1S/C27H21N3O4S/c1-2-20-14-18(16-34-20)27(33)29-12-13-30(24(31)15-29)25(26(32)28-19-8-4-3-5-9-19)22-17-35-23-11-7-6-10-21(22)23/h1,3-11,14,16-17,25H,12-13,15H2,(H,28,32). The van der Waals surface area contributed by atoms with Gasteiger partial charge in [0, 0.05) is 35.1 Å². The minimum Gasteiger partial charge on any atom is -0.455 e. The lowest BCUT2D eigenvalue weighted by Crippen LogP contribution is -2.54. The number of fused-ring (bicyclic) bond motifs is 1. The number of nitrogens with one attached hydrogen (secondary N) is 1. The summed E-state index contributed by atoms with van der Waals surface area (Å²) in [4.78, 5) is 42.8. The highest BCUT2D eigenvalue weighted by Gasteiger charge is 2.37. The predicted octanol–water partition coefficient (Wildman–Crippen LogP) is 4.14. The van der Waals surface area contributed by atoms with Crippen LogP contribution in [-0.4, -0.2) is 47.2 Å². The molecular formula is C27H21N3O4S. The van der Waals surface area contributed by atoms with Crippen LogP contribution in [0.5, 0.6) is 0 Å². The second kappa shape index (κ2) is 9.49. The van der Waals surface area contributed by atoms with Crippen molar-refractivity contribution in [3.8, 4) is 12.3 Å². The average Bonchev–Trinajstić information content (AvgIpc) is 3.53. The highest BCUT2D eigenvalue weighted by molar-refractivity contribution is 7.17. The van der Waals surface area contributed by atoms with Crippen molar-refractivity contribution >= 4 is 44.8 Å². The zero-order valence-corrected chi connectivity index (χ0v) is 19.5. The molecule has 5 rings (SSSR count). The van der Waals surface area contributed by atoms with Gasteiger partial charge in [-0.2, -0.15) is 0 Å². The van der Waals surface area contributed by atoms with Gasteiger partial charge < -0.3 is 19.5 Å². The fourth-order valence-electron chi connectivity index (χ4n) is 4.23. The number of rotatable bonds is 5. The van der Waals surface area contributed by atoms with E-state index in [4.69, 9.17) is 10.8 Å². The largest absolute Gasteiger partial charge is 0.455 e. The number of anilines is 1. The number of hydrogen-bond acceptors (Lipinski definition) is 5. The second-order valence-electron chi connectivity index (χ2n) is 8.10. The first-order valence-electron chi connectivity index (χ1n) is 11.0. The molecule has 7 nitrogen and oxygen atoms in total. The summed E-state index contributed by atoms with van der Waals surface area (Å²) in [6.45, 7) is 0.340. The van der Waals surface area contributed by atoms with Crippen molar-refractivity contribution in [2.75, 3.05) is 25.0 Å². The van der Waals surface area contributed by atoms with E-state index in [0.29, 0.717) is 11.3 Å². The van der Waals surface area contributed by atoms with E-state index < -0.39 is 6.04 Å². The summed E-state index contributed by atoms with van der Waals surface area (Å²) >= 11 is 1.53. The van der Waals surface area contributed by atoms with Crippen molar-refractivity contribution < 1.29 is 18.8 Å². The predicted molar refractivity (Wildman–Crippen MR) is 134 cm³/mol. The summed E-state index contributed by atoms with van der Waals surface area (Å²) in [5.41, 5.74) is 1.70. The van der Waals surface area contributed by atoms with Gasteiger partial charge in [-0.25, -0.2) is 0 Å². The Labute approximate surface area is 205 Å². The molecule has 2 aromatic carbocycles. The third-order valence-electron chi connectivity index (χ3n) is 5.94. The molecule has 2 aromatic heterocycles. The molecule has 1 unspecified atom stereocenters. The molecule has 1 saturated heterocycles. The van der Waals surface area contributed by atoms with Gasteiger partial charge in [0.15, 0.2) is 5.76 Å². The maximum atomic E-state index is 13.6. The molecule has 1 aliphatic heterocycles. The maximum Gasteiger partial charge on any atom is 0.257 e. The van der Waals surface area contributed by atoms with Crippen LogP contribution in [0.15, 0.2) is 76.7 Å². The number of terminal acetylenes is 1. The molecule has 1 atom stereocenters. The van der Waals surface area contributed by atoms with Crippen LogP contribution < -0.4 is 5.32 Å². The van der Waals surface area contributed by atoms with Gasteiger partial charge >= 0.3 is 0 Å². The molecule has 3 heterocycles. The Hall–Kier alpha value is -4.35. The molecule has 3 amide bonds. The van der Waals surface area contributed by atoms with Gasteiger partial charge in [-0.15, -0.1) is 17.8 Å². The highest BCUT2D eigenvalue weighted by atomic mass is 32.1. The highest BCUT2D eigenvalue weighted by Crippen LogP contribution is 2.35. The number of para-hydroxylation sites is 1. The summed E-state index contributed by atoms with van der Waals surface area (Å²) in [7, 11) is 0. The van der Waals surface area contributed by atoms with Crippen LogP contribution >= 0.6 is 11.3 Å². The number of carbonyl (C=O) groups is 3. The van der Waals surface area contributed by atoms with E-state index in [1.54, 1.807) is 17.0 Å². The average molecular weight is 484 g/mol. The minimum atomic E-state index is -0.835. The lowest BCUT2D eigenvalue weighted by atomic mass is 10.0. The number of hydrogen-bond donors (Lipinski definition) is 1. The lowest BCUT2D eigenvalue weighted by Gasteiger charge is -2.38. The molecule has 1 aliphatic rings. The third kappa shape index (κ3) is 4.42. The van der Waals surface area contributed by atoms with Crippen LogP contribution in [0.25, 0.3) is 10.1 Å². The van der Waals surface area contributed by atoms with Gasteiger partial charge in [-0.05, 0) is 34.9 Å². The van der Waals surface area contributed by atoms with Crippen molar-refractivity contribution in [1.29, 1.82) is 0 Å². The topological polar surface area (TPSA) is 82.9 Å². The summed E-state index contributed by atoms with van der Waals surface area (Å²) in [6.07, 6.45) is 6.61. The quantitative estimate of drug-likeness (QED) is 0.433. The van der Waals surface area contributed by atoms with E-state index in [2.05, 4.69) is 11.2 Å². The first kappa shape index (κ1) is 22.4. The van der Waals surface area contributed by atoms with Crippen molar-refractivity contribution in [3.05, 3.63) is 89.2 Å². The van der Waals surface area contributed by atoms with Gasteiger partial charge in [0.25, 0.3) is 11.8 Å². The Balaban J connectivity index is 1.43. The minimum absolute atomic E-state index is 0.146. The number of carbonyl (C=O) groups excluding carboxylic acids is 3. The van der Waals surface area contributed by atoms with Crippen LogP contribution in [0.2, 0.25) is 0 Å². The Morgan fingerprint density at radius 2 is 1.86 bits per heavy atom. The van der Waals surface area contributed by atoms with Crippen molar-refractivity contribution in [2.45, 2.75) is 6.04 Å². The number of amides is 3. The maximum absolute atomic E-state index is 13.6. The molecule has 1 N–H and O–H groups in total. The van der Waals surface area contributed by atoms with E-state index >= 15 is 0 Å². The molecule has 0 aliphatic carbocycles. The molecule has 8 heteroatoms. The number of nitrogens with zero attached hydrogens (tertiary/aromatic N) is 2. The van der Waals surface area contributed by atoms with Crippen LogP contribution in [0.1, 0.15) is 27.7 Å². The summed E-state index contributed by atoms with van der Waals surface area (Å²) in [5, 5.41) is 5.80. The van der Waals surface area contributed by atoms with Gasteiger partial charge in [0.05, 0.1) is 5.56 Å². The van der Waals surface area contributed by atoms with E-state index in [1.165, 1.54) is 28.6 Å². The molecule has 4 aromatic rings. The van der Waals surface area contributed by atoms with E-state index in [9.17, 15) is 14.4 Å². The van der Waals surface area contributed by atoms with E-state index in [1.807, 2.05) is 47.8 Å². The van der Waals surface area contributed by atoms with Crippen LogP contribution in [0.3, 0.4) is 0 Å². The molecule has 174 valence electrons. The van der Waals surface area contributed by atoms with Gasteiger partial charge in [0.1, 0.15) is 18.8 Å². The van der Waals surface area contributed by atoms with Gasteiger partial charge in [0.2, 0.25) is 5.91 Å². The first-order chi connectivity index (χ1) is 17.0. The summed E-state index contributed by atoms with van der Waals surface area (Å²) in [5.74, 6) is 1.64. The summed E-state index contributed by atoms with van der Waals surface area (Å²) in [6, 6.07) is 17.6. The van der Waals surface area contributed by atoms with Gasteiger partial charge in [-0.1, -0.05) is 36.4 Å². The van der Waals surface area contributed by atoms with Crippen molar-refractivity contribution in [2.24, 2.45) is 0 Å². The summed E-state index contributed by atoms with van der Waals surface area (Å²) < 4.78 is 6.19. The monoisotopic (exact) mass is 483 g/mol. The first-order valence-corrected chi connectivity index (χ1v) is 11.9. The molecule has 0 saturated carbocycles. The molecule has 0 radical (unpaired) electrons. The Kier molecular flexibility index (Phi) is 6.08. The molecule has 1 fully saturated rings. The Morgan fingerprint density at radius 3 is 2.60 bits per heavy atom. The third-order valence-corrected chi connectivity index (χ3v) is 6.92. The smallest absolute Gasteiger partial charge is 0.257 e. The van der Waals surface area contributed by atoms with Crippen LogP contribution in [0.4, 0.5) is 5.69 Å². The van der Waals surface area contributed by atoms with E-state index in [0.717, 1.165) is 15.6 Å². The van der Waals surface area contributed by atoms with Gasteiger partial charge in [-0.3, -0.25) is 14.4 Å². The normalized spacial score (nSPS) is 14.5. The zero-order chi connectivity index (χ0) is 24.4. The lowest BCUT2D eigenvalue weighted by molar-refractivity contribution is -0.142. The number of piperazine rings is 1. The van der Waals surface area contributed by atoms with Crippen LogP contribution in [0, 0.1) is 12.3 Å². The zero-order valence-electron chi connectivity index (χ0n) is 18.6. The fraction of sp³-hybridized carbons (Fsp3) is 0.148. The molecule has 0 bridgehead atoms. The molecule has 0 spiro atoms. The van der Waals surface area contributed by atoms with Crippen molar-refractivity contribution in [1.82, 2.24) is 9.80 Å². The number of thiophene rings is 1. The second-order valence-corrected chi connectivity index (χ2v) is 9.01. The van der Waals surface area contributed by atoms with E-state index in [-0.39, 0.29) is 43.1 Å². The number of furan rings is 1. The fourth-order valence-corrected chi connectivity index (χ4v) is 5.21. The SMILES string of the molecule is C#Cc1cc(C(=O)N2CCN(C(C(=O)Nc3ccccc3)c3csc4ccccc34)C(=O)C2)co1. The van der Waals surface area contributed by atoms with Crippen molar-refractivity contribution in [3.63, 3.8) is 0 Å². The van der Waals surface area contributed by atoms with Crippen LogP contribution in [-0.2, 0) is 9.59 Å². The molecular weight excluding hydrogens is 462 g/mol. The Bertz CT molecular complexity index is 1450.